The average molecular weight is 297 g/mol. The van der Waals surface area contributed by atoms with E-state index in [1.807, 2.05) is 40.1 Å². The van der Waals surface area contributed by atoms with Gasteiger partial charge in [0.15, 0.2) is 0 Å². The Bertz CT molecular complexity index is 575. The number of anilines is 1. The Labute approximate surface area is 121 Å². The lowest BCUT2D eigenvalue weighted by atomic mass is 10.1. The van der Waals surface area contributed by atoms with Gasteiger partial charge in [0.2, 0.25) is 10.0 Å². The first-order chi connectivity index (χ1) is 9.33. The van der Waals surface area contributed by atoms with E-state index in [0.717, 1.165) is 36.3 Å². The quantitative estimate of drug-likeness (QED) is 0.880. The summed E-state index contributed by atoms with van der Waals surface area (Å²) in [6, 6.07) is 3.73. The minimum Gasteiger partial charge on any atom is -0.388 e. The summed E-state index contributed by atoms with van der Waals surface area (Å²) < 4.78 is 28.0. The number of rotatable bonds is 4. The minimum atomic E-state index is -3.46. The van der Waals surface area contributed by atoms with E-state index in [9.17, 15) is 8.42 Å². The second kappa shape index (κ2) is 5.71. The molecule has 1 aromatic rings. The summed E-state index contributed by atoms with van der Waals surface area (Å²) in [4.78, 5) is 2.54. The lowest BCUT2D eigenvalue weighted by molar-refractivity contribution is 0.407. The van der Waals surface area contributed by atoms with Crippen LogP contribution in [-0.4, -0.2) is 46.5 Å². The first kappa shape index (κ1) is 15.3. The van der Waals surface area contributed by atoms with Gasteiger partial charge < -0.3 is 10.2 Å². The van der Waals surface area contributed by atoms with Crippen LogP contribution in [0.25, 0.3) is 0 Å². The number of hydrogen-bond donors (Lipinski definition) is 2. The average Bonchev–Trinajstić information content (AvgIpc) is 2.72. The summed E-state index contributed by atoms with van der Waals surface area (Å²) in [6.45, 7) is 5.38. The Morgan fingerprint density at radius 2 is 1.85 bits per heavy atom. The van der Waals surface area contributed by atoms with Gasteiger partial charge in [-0.3, -0.25) is 0 Å². The molecule has 20 heavy (non-hydrogen) atoms. The summed E-state index contributed by atoms with van der Waals surface area (Å²) in [7, 11) is 0.377. The highest BCUT2D eigenvalue weighted by Gasteiger charge is 2.27. The molecule has 2 N–H and O–H groups in total. The summed E-state index contributed by atoms with van der Waals surface area (Å²) in [6.07, 6.45) is 0.864. The largest absolute Gasteiger partial charge is 0.388 e. The topological polar surface area (TPSA) is 61.4 Å². The molecule has 0 bridgehead atoms. The molecule has 112 valence electrons. The van der Waals surface area contributed by atoms with Crippen molar-refractivity contribution in [2.45, 2.75) is 31.2 Å². The highest BCUT2D eigenvalue weighted by Crippen LogP contribution is 2.25. The molecule has 1 aliphatic rings. The van der Waals surface area contributed by atoms with Crippen LogP contribution < -0.4 is 10.0 Å². The fourth-order valence-electron chi connectivity index (χ4n) is 2.83. The smallest absolute Gasteiger partial charge is 0.241 e. The van der Waals surface area contributed by atoms with E-state index in [-0.39, 0.29) is 6.04 Å². The van der Waals surface area contributed by atoms with Crippen LogP contribution in [0.1, 0.15) is 17.5 Å². The molecule has 0 saturated carbocycles. The Kier molecular flexibility index (Phi) is 4.36. The first-order valence-electron chi connectivity index (χ1n) is 6.83. The fourth-order valence-corrected chi connectivity index (χ4v) is 4.54. The third-order valence-corrected chi connectivity index (χ3v) is 5.56. The molecule has 1 saturated heterocycles. The number of nitrogens with zero attached hydrogens (tertiary/aromatic N) is 1. The summed E-state index contributed by atoms with van der Waals surface area (Å²) in [5.41, 5.74) is 2.47. The molecule has 0 aromatic heterocycles. The van der Waals surface area contributed by atoms with Crippen LogP contribution in [0.2, 0.25) is 0 Å². The van der Waals surface area contributed by atoms with Gasteiger partial charge in [0.1, 0.15) is 0 Å². The molecule has 0 aliphatic carbocycles. The van der Waals surface area contributed by atoms with Crippen molar-refractivity contribution in [1.82, 2.24) is 9.62 Å². The predicted molar refractivity (Wildman–Crippen MR) is 81.7 cm³/mol. The molecule has 1 aliphatic heterocycles. The number of hydrogen-bond acceptors (Lipinski definition) is 4. The van der Waals surface area contributed by atoms with E-state index in [0.29, 0.717) is 4.90 Å². The van der Waals surface area contributed by atoms with Gasteiger partial charge in [-0.05, 0) is 57.1 Å². The van der Waals surface area contributed by atoms with Gasteiger partial charge >= 0.3 is 0 Å². The van der Waals surface area contributed by atoms with Gasteiger partial charge in [0, 0.05) is 25.3 Å². The monoisotopic (exact) mass is 297 g/mol. The molecule has 6 heteroatoms. The molecule has 1 fully saturated rings. The van der Waals surface area contributed by atoms with Crippen LogP contribution in [0.15, 0.2) is 17.0 Å². The number of benzene rings is 1. The van der Waals surface area contributed by atoms with E-state index in [4.69, 9.17) is 0 Å². The molecule has 2 rings (SSSR count). The number of nitrogens with one attached hydrogen (secondary N) is 2. The lowest BCUT2D eigenvalue weighted by Gasteiger charge is -2.17. The van der Waals surface area contributed by atoms with Crippen molar-refractivity contribution < 1.29 is 8.42 Å². The van der Waals surface area contributed by atoms with E-state index < -0.39 is 10.0 Å². The Hall–Kier alpha value is -1.11. The van der Waals surface area contributed by atoms with Gasteiger partial charge in [-0.15, -0.1) is 0 Å². The molecule has 0 amide bonds. The summed E-state index contributed by atoms with van der Waals surface area (Å²) in [5, 5.41) is 3.04. The van der Waals surface area contributed by atoms with E-state index in [2.05, 4.69) is 14.9 Å². The maximum atomic E-state index is 12.6. The van der Waals surface area contributed by atoms with Crippen molar-refractivity contribution in [2.24, 2.45) is 0 Å². The SMILES string of the molecule is CNc1cc(C)c(S(=O)(=O)NC2CCN(C)C2)c(C)c1. The van der Waals surface area contributed by atoms with Gasteiger partial charge in [0.25, 0.3) is 0 Å². The Balaban J connectivity index is 2.30. The van der Waals surface area contributed by atoms with Gasteiger partial charge in [0.05, 0.1) is 4.90 Å². The van der Waals surface area contributed by atoms with Crippen LogP contribution in [0, 0.1) is 13.8 Å². The molecule has 5 nitrogen and oxygen atoms in total. The van der Waals surface area contributed by atoms with Gasteiger partial charge in [-0.25, -0.2) is 13.1 Å². The second-order valence-corrected chi connectivity index (χ2v) is 7.21. The van der Waals surface area contributed by atoms with Crippen molar-refractivity contribution >= 4 is 15.7 Å². The zero-order valence-corrected chi connectivity index (χ0v) is 13.3. The zero-order valence-electron chi connectivity index (χ0n) is 12.5. The van der Waals surface area contributed by atoms with Crippen molar-refractivity contribution in [1.29, 1.82) is 0 Å². The fraction of sp³-hybridized carbons (Fsp3) is 0.571. The molecule has 1 aromatic carbocycles. The van der Waals surface area contributed by atoms with Crippen molar-refractivity contribution in [3.8, 4) is 0 Å². The standard InChI is InChI=1S/C14H23N3O2S/c1-10-7-13(15-3)8-11(2)14(10)20(18,19)16-12-5-6-17(4)9-12/h7-8,12,15-16H,5-6,9H2,1-4H3. The van der Waals surface area contributed by atoms with Gasteiger partial charge in [-0.1, -0.05) is 0 Å². The molecule has 0 spiro atoms. The van der Waals surface area contributed by atoms with Crippen LogP contribution in [-0.2, 0) is 10.0 Å². The highest BCUT2D eigenvalue weighted by atomic mass is 32.2. The van der Waals surface area contributed by atoms with Crippen LogP contribution in [0.3, 0.4) is 0 Å². The maximum absolute atomic E-state index is 12.6. The summed E-state index contributed by atoms with van der Waals surface area (Å²) >= 11 is 0. The number of sulfonamides is 1. The molecular formula is C14H23N3O2S. The van der Waals surface area contributed by atoms with E-state index in [1.165, 1.54) is 0 Å². The van der Waals surface area contributed by atoms with Crippen molar-refractivity contribution in [3.63, 3.8) is 0 Å². The van der Waals surface area contributed by atoms with Crippen LogP contribution >= 0.6 is 0 Å². The number of aryl methyl sites for hydroxylation is 2. The molecule has 1 unspecified atom stereocenters. The van der Waals surface area contributed by atoms with E-state index in [1.54, 1.807) is 0 Å². The first-order valence-corrected chi connectivity index (χ1v) is 8.31. The molecule has 1 atom stereocenters. The highest BCUT2D eigenvalue weighted by molar-refractivity contribution is 7.89. The maximum Gasteiger partial charge on any atom is 0.241 e. The summed E-state index contributed by atoms with van der Waals surface area (Å²) in [5.74, 6) is 0. The zero-order chi connectivity index (χ0) is 14.9. The predicted octanol–water partition coefficient (Wildman–Crippen LogP) is 1.33. The Morgan fingerprint density at radius 3 is 2.30 bits per heavy atom. The number of likely N-dealkylation sites (N-methyl/N-ethyl adjacent to an activating group) is 1. The van der Waals surface area contributed by atoms with Gasteiger partial charge in [-0.2, -0.15) is 0 Å². The molecular weight excluding hydrogens is 274 g/mol. The molecule has 1 heterocycles. The van der Waals surface area contributed by atoms with Crippen molar-refractivity contribution in [3.05, 3.63) is 23.3 Å². The van der Waals surface area contributed by atoms with E-state index >= 15 is 0 Å². The minimum absolute atomic E-state index is 0.00720. The Morgan fingerprint density at radius 1 is 1.25 bits per heavy atom. The van der Waals surface area contributed by atoms with Crippen LogP contribution in [0.5, 0.6) is 0 Å². The third-order valence-electron chi connectivity index (χ3n) is 3.73. The third kappa shape index (κ3) is 3.13. The number of likely N-dealkylation sites (tertiary alicyclic amines) is 1. The molecule has 0 radical (unpaired) electrons. The second-order valence-electron chi connectivity index (χ2n) is 5.56. The normalized spacial score (nSPS) is 20.3. The van der Waals surface area contributed by atoms with Crippen molar-refractivity contribution in [2.75, 3.05) is 32.5 Å². The lowest BCUT2D eigenvalue weighted by Crippen LogP contribution is -2.37. The van der Waals surface area contributed by atoms with Crippen LogP contribution in [0.4, 0.5) is 5.69 Å².